The summed E-state index contributed by atoms with van der Waals surface area (Å²) in [6, 6.07) is 138. The van der Waals surface area contributed by atoms with Gasteiger partial charge in [-0.25, -0.2) is 0 Å². The van der Waals surface area contributed by atoms with Crippen LogP contribution in [0.15, 0.2) is 388 Å². The molecule has 1 aliphatic rings. The molecule has 1 aliphatic heterocycles. The number of aromatic nitrogens is 4. The van der Waals surface area contributed by atoms with Crippen LogP contribution in [0.2, 0.25) is 0 Å². The lowest BCUT2D eigenvalue weighted by Crippen LogP contribution is -2.19. The molecule has 8 nitrogen and oxygen atoms in total. The number of hydrogen-bond acceptors (Lipinski definition) is 4. The number of nitrogens with one attached hydrogen (secondary N) is 4. The van der Waals surface area contributed by atoms with Gasteiger partial charge in [0.1, 0.15) is 0 Å². The van der Waals surface area contributed by atoms with Gasteiger partial charge in [0, 0.05) is 135 Å². The molecule has 0 radical (unpaired) electrons. The van der Waals surface area contributed by atoms with Gasteiger partial charge in [0.25, 0.3) is 0 Å². The van der Waals surface area contributed by atoms with Gasteiger partial charge in [-0.05, 0) is 216 Å². The Kier molecular flexibility index (Phi) is 16.2. The second-order valence-corrected chi connectivity index (χ2v) is 24.9. The molecular formula is C92H68N8. The quantitative estimate of drug-likeness (QED) is 0.0778. The molecule has 8 bridgehead atoms. The Balaban J connectivity index is 0.887. The van der Waals surface area contributed by atoms with Crippen LogP contribution in [0.3, 0.4) is 0 Å². The Morgan fingerprint density at radius 2 is 0.280 bits per heavy atom. The lowest BCUT2D eigenvalue weighted by Gasteiger charge is -2.25. The molecule has 0 aliphatic carbocycles. The van der Waals surface area contributed by atoms with Crippen LogP contribution in [0.25, 0.3) is 22.3 Å². The van der Waals surface area contributed by atoms with Crippen molar-refractivity contribution in [2.45, 2.75) is 0 Å². The maximum Gasteiger partial charge on any atom is 0.0485 e. The van der Waals surface area contributed by atoms with Crippen molar-refractivity contribution in [2.24, 2.45) is 0 Å². The fraction of sp³-hybridized carbons (Fsp3) is 0. The van der Waals surface area contributed by atoms with Gasteiger partial charge < -0.3 is 39.5 Å². The van der Waals surface area contributed by atoms with Crippen LogP contribution >= 0.6 is 0 Å². The van der Waals surface area contributed by atoms with Crippen LogP contribution in [-0.4, -0.2) is 19.9 Å². The molecule has 16 aromatic rings. The predicted octanol–water partition coefficient (Wildman–Crippen LogP) is 20.2. The summed E-state index contributed by atoms with van der Waals surface area (Å²) in [4.78, 5) is 25.5. The highest BCUT2D eigenvalue weighted by Gasteiger charge is 2.23. The molecule has 0 spiro atoms. The van der Waals surface area contributed by atoms with Gasteiger partial charge in [0.15, 0.2) is 0 Å². The maximum atomic E-state index is 4.08. The van der Waals surface area contributed by atoms with Crippen molar-refractivity contribution in [3.8, 4) is 0 Å². The van der Waals surface area contributed by atoms with Gasteiger partial charge >= 0.3 is 0 Å². The van der Waals surface area contributed by atoms with Crippen molar-refractivity contribution < 1.29 is 0 Å². The lowest BCUT2D eigenvalue weighted by atomic mass is 10.0. The summed E-state index contributed by atoms with van der Waals surface area (Å²) in [5.74, 6) is 0. The molecule has 0 fully saturated rings. The third-order valence-electron chi connectivity index (χ3n) is 18.7. The van der Waals surface area contributed by atoms with E-state index in [9.17, 15) is 0 Å². The standard InChI is InChI=1S/C92H68N8/c1-9-25-69(26-10-1)97(70-27-11-2-12-28-70)77-49-41-65(42-50-77)89-81-57-59-83(93-81)90(66-43-51-78(52-44-66)98(71-29-13-3-14-30-71)72-31-15-4-16-32-72)85-61-63-87(95-85)92(68-47-55-80(56-48-68)100(75-37-21-7-22-38-75)76-39-23-8-24-40-76)88-64-62-86(96-88)91(84-60-58-82(89)94-84)67-45-53-79(54-46-67)99(73-33-17-5-18-34-73)74-35-19-6-20-36-74/h1-64,93-96H. The molecule has 0 unspecified atom stereocenters. The minimum absolute atomic E-state index is 0.953. The Labute approximate surface area is 581 Å². The molecule has 100 heavy (non-hydrogen) atoms. The topological polar surface area (TPSA) is 76.1 Å². The first kappa shape index (κ1) is 60.1. The predicted molar refractivity (Wildman–Crippen MR) is 413 cm³/mol. The van der Waals surface area contributed by atoms with Gasteiger partial charge in [0.2, 0.25) is 0 Å². The van der Waals surface area contributed by atoms with Crippen LogP contribution in [-0.2, 0) is 0 Å². The average molecular weight is 1290 g/mol. The molecule has 0 atom stereocenters. The molecule has 8 heteroatoms. The highest BCUT2D eigenvalue weighted by molar-refractivity contribution is 5.89. The van der Waals surface area contributed by atoms with E-state index in [1.54, 1.807) is 0 Å². The van der Waals surface area contributed by atoms with Crippen molar-refractivity contribution in [3.05, 3.63) is 455 Å². The number of H-pyrrole nitrogens is 4. The summed E-state index contributed by atoms with van der Waals surface area (Å²) in [6.45, 7) is 0. The van der Waals surface area contributed by atoms with E-state index in [2.05, 4.69) is 428 Å². The van der Waals surface area contributed by atoms with Gasteiger partial charge in [-0.2, -0.15) is 0 Å². The summed E-state index contributed by atoms with van der Waals surface area (Å²) in [5.41, 5.74) is 24.8. The number of fused-ring (bicyclic) bond motifs is 8. The van der Waals surface area contributed by atoms with Crippen molar-refractivity contribution in [2.75, 3.05) is 19.6 Å². The molecule has 4 N–H and O–H groups in total. The van der Waals surface area contributed by atoms with Crippen molar-refractivity contribution in [3.63, 3.8) is 0 Å². The molecule has 0 saturated heterocycles. The van der Waals surface area contributed by atoms with Gasteiger partial charge in [-0.1, -0.05) is 194 Å². The van der Waals surface area contributed by atoms with E-state index in [0.717, 1.165) is 157 Å². The smallest absolute Gasteiger partial charge is 0.0485 e. The number of benzene rings is 12. The van der Waals surface area contributed by atoms with Crippen LogP contribution in [0.4, 0.5) is 68.2 Å². The molecular weight excluding hydrogens is 1220 g/mol. The van der Waals surface area contributed by atoms with Crippen molar-refractivity contribution in [1.29, 1.82) is 0 Å². The average Bonchev–Trinajstić information content (AvgIpc) is 1.57. The summed E-state index contributed by atoms with van der Waals surface area (Å²) in [6.07, 6.45) is 0. The van der Waals surface area contributed by atoms with Crippen LogP contribution in [0.5, 0.6) is 0 Å². The molecule has 0 amide bonds. The Hall–Kier alpha value is -13.6. The number of hydrogen-bond donors (Lipinski definition) is 4. The van der Waals surface area contributed by atoms with E-state index < -0.39 is 0 Å². The van der Waals surface area contributed by atoms with E-state index in [-0.39, 0.29) is 0 Å². The van der Waals surface area contributed by atoms with Gasteiger partial charge in [-0.15, -0.1) is 0 Å². The zero-order valence-corrected chi connectivity index (χ0v) is 54.7. The first-order valence-corrected chi connectivity index (χ1v) is 33.9. The Bertz CT molecular complexity index is 4850. The van der Waals surface area contributed by atoms with E-state index in [1.807, 2.05) is 0 Å². The highest BCUT2D eigenvalue weighted by Crippen LogP contribution is 2.41. The summed E-state index contributed by atoms with van der Waals surface area (Å²) < 4.78 is 0. The summed E-state index contributed by atoms with van der Waals surface area (Å²) in [7, 11) is 0. The number of para-hydroxylation sites is 8. The monoisotopic (exact) mass is 1280 g/mol. The van der Waals surface area contributed by atoms with Gasteiger partial charge in [0.05, 0.1) is 0 Å². The minimum atomic E-state index is 0.953. The first-order chi connectivity index (χ1) is 49.6. The second-order valence-electron chi connectivity index (χ2n) is 24.9. The number of rotatable bonds is 16. The maximum absolute atomic E-state index is 4.08. The SMILES string of the molecule is c1ccc(N(c2ccccc2)c2ccc(C3=c4ccc([nH]4)=C(c4ccc(N(c5ccccc5)c5ccccc5)cc4)c4ccc([nH]4)C(c4ccc(N(c5ccccc5)c5ccccc5)cc4)=c4ccc([nH]4)=C(c4ccc(N(c5ccccc5)c5ccccc5)cc4)c4ccc3[nH]4)cc2)cc1. The van der Waals surface area contributed by atoms with Crippen LogP contribution in [0.1, 0.15) is 45.0 Å². The van der Waals surface area contributed by atoms with Crippen LogP contribution in [0, 0.1) is 0 Å². The lowest BCUT2D eigenvalue weighted by molar-refractivity contribution is 1.18. The Morgan fingerprint density at radius 3 is 0.440 bits per heavy atom. The van der Waals surface area contributed by atoms with E-state index in [0.29, 0.717) is 0 Å². The van der Waals surface area contributed by atoms with Gasteiger partial charge in [-0.3, -0.25) is 0 Å². The highest BCUT2D eigenvalue weighted by atomic mass is 15.2. The number of anilines is 12. The molecule has 5 heterocycles. The van der Waals surface area contributed by atoms with Crippen molar-refractivity contribution in [1.82, 2.24) is 19.9 Å². The van der Waals surface area contributed by atoms with Crippen LogP contribution < -0.4 is 41.0 Å². The Morgan fingerprint density at radius 1 is 0.130 bits per heavy atom. The third kappa shape index (κ3) is 11.9. The minimum Gasteiger partial charge on any atom is -0.354 e. The third-order valence-corrected chi connectivity index (χ3v) is 18.7. The largest absolute Gasteiger partial charge is 0.354 e. The fourth-order valence-electron chi connectivity index (χ4n) is 14.1. The molecule has 476 valence electrons. The number of nitrogens with zero attached hydrogens (tertiary/aromatic N) is 4. The molecule has 12 aromatic carbocycles. The number of aromatic amines is 4. The molecule has 0 saturated carbocycles. The zero-order valence-electron chi connectivity index (χ0n) is 54.7. The normalized spacial score (nSPS) is 11.9. The van der Waals surface area contributed by atoms with E-state index in [4.69, 9.17) is 0 Å². The van der Waals surface area contributed by atoms with E-state index in [1.165, 1.54) is 0 Å². The van der Waals surface area contributed by atoms with Crippen molar-refractivity contribution >= 4 is 90.5 Å². The zero-order chi connectivity index (χ0) is 66.6. The second kappa shape index (κ2) is 26.9. The molecule has 17 rings (SSSR count). The fourth-order valence-corrected chi connectivity index (χ4v) is 14.1. The molecule has 4 aromatic heterocycles. The summed E-state index contributed by atoms with van der Waals surface area (Å²) >= 11 is 0. The van der Waals surface area contributed by atoms with E-state index >= 15 is 0 Å². The summed E-state index contributed by atoms with van der Waals surface area (Å²) in [5, 5.41) is 3.81. The first-order valence-electron chi connectivity index (χ1n) is 33.9.